The number of benzene rings is 1. The van der Waals surface area contributed by atoms with E-state index in [4.69, 9.17) is 10.5 Å². The quantitative estimate of drug-likeness (QED) is 0.760. The maximum atomic E-state index is 11.8. The molecule has 0 unspecified atom stereocenters. The van der Waals surface area contributed by atoms with Gasteiger partial charge in [0.2, 0.25) is 5.91 Å². The van der Waals surface area contributed by atoms with Gasteiger partial charge in [-0.2, -0.15) is 0 Å². The van der Waals surface area contributed by atoms with Crippen molar-refractivity contribution in [2.45, 2.75) is 25.9 Å². The molecule has 5 heteroatoms. The summed E-state index contributed by atoms with van der Waals surface area (Å²) in [6.07, 6.45) is 0.275. The minimum Gasteiger partial charge on any atom is -0.493 e. The number of carbonyl (C=O) groups excluding carboxylic acids is 1. The van der Waals surface area contributed by atoms with Crippen molar-refractivity contribution in [2.24, 2.45) is 0 Å². The van der Waals surface area contributed by atoms with Crippen LogP contribution in [0.4, 0.5) is 5.69 Å². The first-order chi connectivity index (χ1) is 8.78. The van der Waals surface area contributed by atoms with Crippen molar-refractivity contribution in [1.82, 2.24) is 4.90 Å². The molecule has 1 aromatic rings. The smallest absolute Gasteiger partial charge is 0.225 e. The van der Waals surface area contributed by atoms with Gasteiger partial charge in [-0.25, -0.2) is 0 Å². The fraction of sp³-hybridized carbons (Fsp3) is 0.500. The van der Waals surface area contributed by atoms with Crippen LogP contribution in [0.2, 0.25) is 0 Å². The molecule has 0 bridgehead atoms. The summed E-state index contributed by atoms with van der Waals surface area (Å²) in [6.45, 7) is 3.94. The summed E-state index contributed by atoms with van der Waals surface area (Å²) in [6, 6.07) is 7.02. The third-order valence-corrected chi connectivity index (χ3v) is 2.51. The molecule has 0 aromatic heterocycles. The van der Waals surface area contributed by atoms with Gasteiger partial charge in [0.05, 0.1) is 18.6 Å². The zero-order valence-corrected chi connectivity index (χ0v) is 11.7. The largest absolute Gasteiger partial charge is 0.493 e. The molecule has 5 nitrogen and oxygen atoms in total. The second-order valence-electron chi connectivity index (χ2n) is 5.23. The molecular weight excluding hydrogens is 244 g/mol. The highest BCUT2D eigenvalue weighted by Gasteiger charge is 2.19. The second kappa shape index (κ2) is 6.43. The zero-order valence-electron chi connectivity index (χ0n) is 11.7. The highest BCUT2D eigenvalue weighted by Crippen LogP contribution is 2.13. The maximum absolute atomic E-state index is 11.8. The topological polar surface area (TPSA) is 75.8 Å². The van der Waals surface area contributed by atoms with Crippen LogP contribution in [0.15, 0.2) is 24.3 Å². The number of ether oxygens (including phenoxy) is 1. The Kier molecular flexibility index (Phi) is 5.18. The summed E-state index contributed by atoms with van der Waals surface area (Å²) in [5.74, 6) is 0.629. The lowest BCUT2D eigenvalue weighted by molar-refractivity contribution is -0.133. The molecule has 0 aliphatic rings. The molecule has 106 valence electrons. The molecule has 0 aliphatic heterocycles. The average molecular weight is 266 g/mol. The number of nitrogen functional groups attached to an aromatic ring is 1. The lowest BCUT2D eigenvalue weighted by atomic mass is 10.1. The molecule has 0 spiro atoms. The summed E-state index contributed by atoms with van der Waals surface area (Å²) < 4.78 is 5.45. The van der Waals surface area contributed by atoms with Gasteiger partial charge in [0.1, 0.15) is 5.75 Å². The van der Waals surface area contributed by atoms with E-state index in [-0.39, 0.29) is 12.3 Å². The molecule has 1 aromatic carbocycles. The van der Waals surface area contributed by atoms with Crippen LogP contribution in [0.5, 0.6) is 5.75 Å². The van der Waals surface area contributed by atoms with Crippen molar-refractivity contribution in [3.63, 3.8) is 0 Å². The van der Waals surface area contributed by atoms with Gasteiger partial charge in [-0.3, -0.25) is 4.79 Å². The first-order valence-corrected chi connectivity index (χ1v) is 6.22. The molecule has 3 N–H and O–H groups in total. The van der Waals surface area contributed by atoms with Crippen LogP contribution in [0.25, 0.3) is 0 Å². The predicted octanol–water partition coefficient (Wildman–Crippen LogP) is 1.27. The lowest BCUT2D eigenvalue weighted by Crippen LogP contribution is -2.40. The van der Waals surface area contributed by atoms with Crippen LogP contribution in [0, 0.1) is 0 Å². The minimum absolute atomic E-state index is 0.0578. The van der Waals surface area contributed by atoms with Crippen molar-refractivity contribution in [2.75, 3.05) is 25.9 Å². The first kappa shape index (κ1) is 15.3. The van der Waals surface area contributed by atoms with Gasteiger partial charge in [-0.1, -0.05) is 0 Å². The van der Waals surface area contributed by atoms with Gasteiger partial charge in [0.25, 0.3) is 0 Å². The van der Waals surface area contributed by atoms with E-state index in [1.807, 2.05) is 0 Å². The molecule has 1 amide bonds. The van der Waals surface area contributed by atoms with Crippen LogP contribution >= 0.6 is 0 Å². The molecule has 19 heavy (non-hydrogen) atoms. The van der Waals surface area contributed by atoms with Gasteiger partial charge in [0, 0.05) is 19.3 Å². The van der Waals surface area contributed by atoms with Crippen LogP contribution in [0.1, 0.15) is 20.3 Å². The summed E-state index contributed by atoms with van der Waals surface area (Å²) in [4.78, 5) is 13.3. The number of nitrogens with two attached hydrogens (primary N) is 1. The van der Waals surface area contributed by atoms with E-state index >= 15 is 0 Å². The zero-order chi connectivity index (χ0) is 14.5. The SMILES string of the molecule is CN(CC(C)(C)O)C(=O)CCOc1ccc(N)cc1. The molecule has 0 saturated carbocycles. The minimum atomic E-state index is -0.887. The fourth-order valence-corrected chi connectivity index (χ4v) is 1.68. The van der Waals surface area contributed by atoms with E-state index in [9.17, 15) is 9.90 Å². The molecule has 0 saturated heterocycles. The Morgan fingerprint density at radius 1 is 1.37 bits per heavy atom. The Balaban J connectivity index is 2.32. The number of amides is 1. The number of rotatable bonds is 6. The van der Waals surface area contributed by atoms with Crippen molar-refractivity contribution in [3.05, 3.63) is 24.3 Å². The van der Waals surface area contributed by atoms with E-state index in [0.717, 1.165) is 0 Å². The van der Waals surface area contributed by atoms with Crippen molar-refractivity contribution in [3.8, 4) is 5.75 Å². The third-order valence-electron chi connectivity index (χ3n) is 2.51. The van der Waals surface area contributed by atoms with E-state index < -0.39 is 5.60 Å². The molecule has 0 aliphatic carbocycles. The van der Waals surface area contributed by atoms with Crippen LogP contribution in [0.3, 0.4) is 0 Å². The molecule has 0 radical (unpaired) electrons. The number of anilines is 1. The predicted molar refractivity (Wildman–Crippen MR) is 74.9 cm³/mol. The monoisotopic (exact) mass is 266 g/mol. The summed E-state index contributed by atoms with van der Waals surface area (Å²) in [5, 5.41) is 9.63. The highest BCUT2D eigenvalue weighted by atomic mass is 16.5. The van der Waals surface area contributed by atoms with Crippen molar-refractivity contribution in [1.29, 1.82) is 0 Å². The number of hydrogen-bond acceptors (Lipinski definition) is 4. The fourth-order valence-electron chi connectivity index (χ4n) is 1.68. The Bertz CT molecular complexity index is 410. The van der Waals surface area contributed by atoms with Gasteiger partial charge in [-0.15, -0.1) is 0 Å². The van der Waals surface area contributed by atoms with Crippen molar-refractivity contribution < 1.29 is 14.6 Å². The number of nitrogens with zero attached hydrogens (tertiary/aromatic N) is 1. The van der Waals surface area contributed by atoms with E-state index in [1.54, 1.807) is 45.2 Å². The number of hydrogen-bond donors (Lipinski definition) is 2. The number of likely N-dealkylation sites (N-methyl/N-ethyl adjacent to an activating group) is 1. The van der Waals surface area contributed by atoms with Gasteiger partial charge in [0.15, 0.2) is 0 Å². The maximum Gasteiger partial charge on any atom is 0.225 e. The second-order valence-corrected chi connectivity index (χ2v) is 5.23. The molecule has 0 heterocycles. The Morgan fingerprint density at radius 3 is 2.47 bits per heavy atom. The summed E-state index contributed by atoms with van der Waals surface area (Å²) >= 11 is 0. The molecule has 0 atom stereocenters. The standard InChI is InChI=1S/C14H22N2O3/c1-14(2,18)10-16(3)13(17)8-9-19-12-6-4-11(15)5-7-12/h4-7,18H,8-10,15H2,1-3H3. The van der Waals surface area contributed by atoms with Gasteiger partial charge >= 0.3 is 0 Å². The van der Waals surface area contributed by atoms with Crippen LogP contribution in [-0.4, -0.2) is 41.7 Å². The van der Waals surface area contributed by atoms with Gasteiger partial charge < -0.3 is 20.5 Å². The molecule has 0 fully saturated rings. The highest BCUT2D eigenvalue weighted by molar-refractivity contribution is 5.76. The molecular formula is C14H22N2O3. The first-order valence-electron chi connectivity index (χ1n) is 6.22. The summed E-state index contributed by atoms with van der Waals surface area (Å²) in [5.41, 5.74) is 5.35. The number of carbonyl (C=O) groups is 1. The Hall–Kier alpha value is -1.75. The molecule has 1 rings (SSSR count). The average Bonchev–Trinajstić information content (AvgIpc) is 2.29. The van der Waals surface area contributed by atoms with E-state index in [0.29, 0.717) is 24.6 Å². The van der Waals surface area contributed by atoms with E-state index in [1.165, 1.54) is 4.90 Å². The van der Waals surface area contributed by atoms with Crippen molar-refractivity contribution >= 4 is 11.6 Å². The van der Waals surface area contributed by atoms with Crippen LogP contribution in [-0.2, 0) is 4.79 Å². The van der Waals surface area contributed by atoms with Crippen LogP contribution < -0.4 is 10.5 Å². The lowest BCUT2D eigenvalue weighted by Gasteiger charge is -2.25. The normalized spacial score (nSPS) is 11.2. The third kappa shape index (κ3) is 6.10. The van der Waals surface area contributed by atoms with E-state index in [2.05, 4.69) is 0 Å². The van der Waals surface area contributed by atoms with Gasteiger partial charge in [-0.05, 0) is 38.1 Å². The Labute approximate surface area is 114 Å². The number of aliphatic hydroxyl groups is 1. The summed E-state index contributed by atoms with van der Waals surface area (Å²) in [7, 11) is 1.67. The Morgan fingerprint density at radius 2 is 1.95 bits per heavy atom.